The highest BCUT2D eigenvalue weighted by Gasteiger charge is 2.18. The van der Waals surface area contributed by atoms with Gasteiger partial charge in [0.25, 0.3) is 5.95 Å². The molecule has 0 radical (unpaired) electrons. The van der Waals surface area contributed by atoms with Crippen LogP contribution in [0.4, 0.5) is 0 Å². The van der Waals surface area contributed by atoms with Crippen LogP contribution in [-0.4, -0.2) is 75.0 Å². The van der Waals surface area contributed by atoms with E-state index in [4.69, 9.17) is 23.7 Å². The standard InChI is InChI=1S/C19H38O6Si.C7H14O2Si/c1-5-9-13-24-19(25-14-10-6-2)26-15-11-12-16(17(20)21)18(22-7-3)23-8-4;1-3-7(8)9-5-4-6-10-2/h19H,5-15,26H2,1-4H3,(H,20,21);3H,1,4-6,10H2,2H3. The fourth-order valence-corrected chi connectivity index (χ4v) is 5.15. The number of esters is 1. The molecule has 36 heavy (non-hydrogen) atoms. The van der Waals surface area contributed by atoms with Gasteiger partial charge >= 0.3 is 11.9 Å². The first kappa shape index (κ1) is 36.5. The highest BCUT2D eigenvalue weighted by molar-refractivity contribution is 6.36. The normalized spacial score (nSPS) is 10.9. The Balaban J connectivity index is 0. The monoisotopic (exact) mass is 548 g/mol. The Morgan fingerprint density at radius 3 is 1.89 bits per heavy atom. The molecule has 0 bridgehead atoms. The molecule has 0 aromatic carbocycles. The molecule has 0 spiro atoms. The van der Waals surface area contributed by atoms with E-state index in [0.717, 1.165) is 57.8 Å². The Hall–Kier alpha value is -1.63. The highest BCUT2D eigenvalue weighted by Crippen LogP contribution is 2.17. The first-order chi connectivity index (χ1) is 17.4. The zero-order valence-corrected chi connectivity index (χ0v) is 26.3. The number of unbranched alkanes of at least 4 members (excludes halogenated alkanes) is 2. The van der Waals surface area contributed by atoms with Gasteiger partial charge < -0.3 is 28.8 Å². The maximum atomic E-state index is 11.5. The van der Waals surface area contributed by atoms with Crippen LogP contribution in [0.5, 0.6) is 0 Å². The van der Waals surface area contributed by atoms with Gasteiger partial charge in [-0.1, -0.05) is 58.3 Å². The molecule has 0 aliphatic carbocycles. The number of aliphatic carboxylic acids is 1. The molecule has 0 amide bonds. The molecule has 0 heterocycles. The molecular weight excluding hydrogens is 496 g/mol. The predicted octanol–water partition coefficient (Wildman–Crippen LogP) is 4.38. The van der Waals surface area contributed by atoms with Crippen molar-refractivity contribution in [2.45, 2.75) is 97.2 Å². The summed E-state index contributed by atoms with van der Waals surface area (Å²) in [6.45, 7) is 16.3. The molecule has 212 valence electrons. The molecule has 10 heteroatoms. The van der Waals surface area contributed by atoms with Crippen LogP contribution in [0.2, 0.25) is 18.6 Å². The molecule has 0 rings (SSSR count). The minimum Gasteiger partial charge on any atom is -0.478 e. The second-order valence-electron chi connectivity index (χ2n) is 8.14. The minimum atomic E-state index is -0.974. The Labute approximate surface area is 223 Å². The Bertz CT molecular complexity index is 566. The van der Waals surface area contributed by atoms with E-state index in [1.54, 1.807) is 0 Å². The van der Waals surface area contributed by atoms with E-state index in [1.807, 2.05) is 13.8 Å². The molecule has 0 saturated heterocycles. The van der Waals surface area contributed by atoms with Crippen molar-refractivity contribution < 1.29 is 38.4 Å². The Kier molecular flexibility index (Phi) is 28.4. The second-order valence-corrected chi connectivity index (χ2v) is 11.8. The summed E-state index contributed by atoms with van der Waals surface area (Å²) in [6.07, 6.45) is 7.73. The third-order valence-electron chi connectivity index (χ3n) is 4.93. The van der Waals surface area contributed by atoms with Gasteiger partial charge in [-0.15, -0.1) is 0 Å². The van der Waals surface area contributed by atoms with Gasteiger partial charge in [-0.05, 0) is 39.5 Å². The van der Waals surface area contributed by atoms with Gasteiger partial charge in [-0.2, -0.15) is 0 Å². The van der Waals surface area contributed by atoms with Crippen molar-refractivity contribution in [1.82, 2.24) is 0 Å². The molecule has 0 atom stereocenters. The van der Waals surface area contributed by atoms with Gasteiger partial charge in [0.05, 0.1) is 29.3 Å². The van der Waals surface area contributed by atoms with Crippen LogP contribution in [0.15, 0.2) is 24.2 Å². The summed E-state index contributed by atoms with van der Waals surface area (Å²) in [4.78, 5) is 22.0. The summed E-state index contributed by atoms with van der Waals surface area (Å²) in [5.74, 6) is -1.20. The maximum absolute atomic E-state index is 11.5. The summed E-state index contributed by atoms with van der Waals surface area (Å²) in [6, 6.07) is 2.22. The van der Waals surface area contributed by atoms with Crippen LogP contribution < -0.4 is 0 Å². The summed E-state index contributed by atoms with van der Waals surface area (Å²) in [7, 11) is -0.442. The van der Waals surface area contributed by atoms with E-state index in [1.165, 1.54) is 12.1 Å². The largest absolute Gasteiger partial charge is 0.478 e. The second kappa shape index (κ2) is 28.0. The first-order valence-electron chi connectivity index (χ1n) is 13.7. The van der Waals surface area contributed by atoms with E-state index in [-0.39, 0.29) is 32.9 Å². The third kappa shape index (κ3) is 22.8. The first-order valence-corrected chi connectivity index (χ1v) is 17.9. The van der Waals surface area contributed by atoms with Gasteiger partial charge in [-0.3, -0.25) is 0 Å². The smallest absolute Gasteiger partial charge is 0.338 e. The molecular formula is C26H52O8Si2. The number of carbonyl (C=O) groups is 2. The minimum absolute atomic E-state index is 0.0661. The number of carbonyl (C=O) groups excluding carboxylic acids is 1. The quantitative estimate of drug-likeness (QED) is 0.0501. The Morgan fingerprint density at radius 2 is 1.44 bits per heavy atom. The summed E-state index contributed by atoms with van der Waals surface area (Å²) in [5.41, 5.74) is 0.220. The molecule has 0 aliphatic rings. The van der Waals surface area contributed by atoms with Gasteiger partial charge in [0.15, 0.2) is 0 Å². The van der Waals surface area contributed by atoms with Gasteiger partial charge in [0, 0.05) is 28.8 Å². The number of hydrogen-bond donors (Lipinski definition) is 1. The van der Waals surface area contributed by atoms with E-state index in [9.17, 15) is 14.7 Å². The number of ether oxygens (including phenoxy) is 5. The van der Waals surface area contributed by atoms with E-state index >= 15 is 0 Å². The van der Waals surface area contributed by atoms with Crippen molar-refractivity contribution in [3.05, 3.63) is 24.2 Å². The maximum Gasteiger partial charge on any atom is 0.338 e. The highest BCUT2D eigenvalue weighted by atomic mass is 28.2. The lowest BCUT2D eigenvalue weighted by atomic mass is 10.1. The van der Waals surface area contributed by atoms with E-state index in [0.29, 0.717) is 26.2 Å². The van der Waals surface area contributed by atoms with Gasteiger partial charge in [0.1, 0.15) is 11.5 Å². The average molecular weight is 549 g/mol. The van der Waals surface area contributed by atoms with Crippen molar-refractivity contribution in [2.75, 3.05) is 33.0 Å². The van der Waals surface area contributed by atoms with Crippen LogP contribution >= 0.6 is 0 Å². The van der Waals surface area contributed by atoms with E-state index < -0.39 is 15.5 Å². The SMILES string of the molecule is C=CC(=O)OCCC[SiH2]C.CCCCOC(OCCCC)[SiH2]CCCC(C(=O)O)=C(OCC)OCC. The van der Waals surface area contributed by atoms with Crippen molar-refractivity contribution in [1.29, 1.82) is 0 Å². The van der Waals surface area contributed by atoms with Crippen LogP contribution in [0.1, 0.15) is 72.6 Å². The van der Waals surface area contributed by atoms with Crippen LogP contribution in [0, 0.1) is 0 Å². The van der Waals surface area contributed by atoms with Crippen molar-refractivity contribution in [3.8, 4) is 0 Å². The lowest BCUT2D eigenvalue weighted by molar-refractivity contribution is -0.137. The fraction of sp³-hybridized carbons (Fsp3) is 0.769. The topological polar surface area (TPSA) is 101 Å². The third-order valence-corrected chi connectivity index (χ3v) is 7.99. The summed E-state index contributed by atoms with van der Waals surface area (Å²) >= 11 is 0. The van der Waals surface area contributed by atoms with Crippen molar-refractivity contribution in [3.63, 3.8) is 0 Å². The van der Waals surface area contributed by atoms with E-state index in [2.05, 4.69) is 27.0 Å². The van der Waals surface area contributed by atoms with Gasteiger partial charge in [-0.25, -0.2) is 9.59 Å². The fourth-order valence-electron chi connectivity index (χ4n) is 2.90. The molecule has 0 aliphatic heterocycles. The molecule has 8 nitrogen and oxygen atoms in total. The molecule has 0 fully saturated rings. The molecule has 0 aromatic heterocycles. The zero-order chi connectivity index (χ0) is 27.4. The summed E-state index contributed by atoms with van der Waals surface area (Å²) in [5, 5.41) is 9.44. The molecule has 1 N–H and O–H groups in total. The number of carboxylic acids is 1. The summed E-state index contributed by atoms with van der Waals surface area (Å²) < 4.78 is 27.2. The molecule has 0 aromatic rings. The van der Waals surface area contributed by atoms with Gasteiger partial charge in [0.2, 0.25) is 0 Å². The number of hydrogen-bond acceptors (Lipinski definition) is 7. The van der Waals surface area contributed by atoms with Crippen molar-refractivity contribution >= 4 is 31.0 Å². The average Bonchev–Trinajstić information content (AvgIpc) is 2.86. The number of rotatable bonds is 23. The zero-order valence-electron chi connectivity index (χ0n) is 23.5. The van der Waals surface area contributed by atoms with Crippen molar-refractivity contribution in [2.24, 2.45) is 0 Å². The lowest BCUT2D eigenvalue weighted by Gasteiger charge is -2.18. The Morgan fingerprint density at radius 1 is 0.861 bits per heavy atom. The van der Waals surface area contributed by atoms with Crippen LogP contribution in [0.25, 0.3) is 0 Å². The van der Waals surface area contributed by atoms with Crippen LogP contribution in [0.3, 0.4) is 0 Å². The number of carboxylic acid groups (broad SMARTS) is 1. The molecule has 0 unspecified atom stereocenters. The molecule has 0 saturated carbocycles. The predicted molar refractivity (Wildman–Crippen MR) is 151 cm³/mol. The lowest BCUT2D eigenvalue weighted by Crippen LogP contribution is -2.25. The van der Waals surface area contributed by atoms with Crippen LogP contribution in [-0.2, 0) is 33.3 Å².